The molecule has 7 heteroatoms. The van der Waals surface area contributed by atoms with Gasteiger partial charge >= 0.3 is 5.97 Å². The number of ether oxygens (including phenoxy) is 2. The lowest BCUT2D eigenvalue weighted by Crippen LogP contribution is -2.44. The summed E-state index contributed by atoms with van der Waals surface area (Å²) in [5, 5.41) is 3.42. The van der Waals surface area contributed by atoms with Gasteiger partial charge in [0.15, 0.2) is 6.61 Å². The lowest BCUT2D eigenvalue weighted by atomic mass is 10.0. The van der Waals surface area contributed by atoms with Gasteiger partial charge in [0.25, 0.3) is 5.91 Å². The third kappa shape index (κ3) is 6.54. The fourth-order valence-electron chi connectivity index (χ4n) is 1.82. The number of carbonyl (C=O) groups excluding carboxylic acids is 2. The van der Waals surface area contributed by atoms with Gasteiger partial charge in [-0.3, -0.25) is 4.79 Å². The highest BCUT2D eigenvalue weighted by molar-refractivity contribution is 6.34. The Labute approximate surface area is 139 Å². The van der Waals surface area contributed by atoms with Gasteiger partial charge in [0, 0.05) is 10.0 Å². The number of amides is 1. The van der Waals surface area contributed by atoms with Gasteiger partial charge in [0.2, 0.25) is 0 Å². The Morgan fingerprint density at radius 1 is 1.18 bits per heavy atom. The van der Waals surface area contributed by atoms with Crippen molar-refractivity contribution in [2.24, 2.45) is 5.92 Å². The summed E-state index contributed by atoms with van der Waals surface area (Å²) in [5.41, 5.74) is 0. The molecule has 0 heterocycles. The zero-order chi connectivity index (χ0) is 16.7. The van der Waals surface area contributed by atoms with E-state index in [1.807, 2.05) is 13.8 Å². The second-order valence-corrected chi connectivity index (χ2v) is 6.04. The first kappa shape index (κ1) is 18.6. The molecule has 1 aromatic carbocycles. The summed E-state index contributed by atoms with van der Waals surface area (Å²) < 4.78 is 9.99. The lowest BCUT2D eigenvalue weighted by molar-refractivity contribution is -0.145. The first-order valence-corrected chi connectivity index (χ1v) is 7.53. The van der Waals surface area contributed by atoms with Crippen LogP contribution in [0.3, 0.4) is 0 Å². The summed E-state index contributed by atoms with van der Waals surface area (Å²) in [6.07, 6.45) is 0.488. The van der Waals surface area contributed by atoms with Crippen LogP contribution in [-0.2, 0) is 14.3 Å². The third-order valence-electron chi connectivity index (χ3n) is 2.73. The first-order valence-electron chi connectivity index (χ1n) is 6.78. The van der Waals surface area contributed by atoms with Crippen molar-refractivity contribution >= 4 is 35.1 Å². The number of halogens is 2. The minimum Gasteiger partial charge on any atom is -0.484 e. The minimum absolute atomic E-state index is 0.233. The van der Waals surface area contributed by atoms with E-state index in [9.17, 15) is 9.59 Å². The summed E-state index contributed by atoms with van der Waals surface area (Å²) in [4.78, 5) is 23.5. The molecule has 122 valence electrons. The normalized spacial score (nSPS) is 11.9. The van der Waals surface area contributed by atoms with Gasteiger partial charge in [-0.2, -0.15) is 0 Å². The summed E-state index contributed by atoms with van der Waals surface area (Å²) >= 11 is 11.7. The van der Waals surface area contributed by atoms with Crippen molar-refractivity contribution < 1.29 is 19.1 Å². The number of esters is 1. The van der Waals surface area contributed by atoms with Crippen molar-refractivity contribution in [2.75, 3.05) is 13.7 Å². The predicted molar refractivity (Wildman–Crippen MR) is 85.4 cm³/mol. The van der Waals surface area contributed by atoms with Crippen LogP contribution < -0.4 is 10.1 Å². The van der Waals surface area contributed by atoms with E-state index in [0.29, 0.717) is 22.2 Å². The lowest BCUT2D eigenvalue weighted by Gasteiger charge is -2.18. The summed E-state index contributed by atoms with van der Waals surface area (Å²) in [7, 11) is 1.28. The number of benzene rings is 1. The van der Waals surface area contributed by atoms with Gasteiger partial charge in [-0.15, -0.1) is 0 Å². The van der Waals surface area contributed by atoms with Crippen LogP contribution in [-0.4, -0.2) is 31.6 Å². The van der Waals surface area contributed by atoms with E-state index in [1.54, 1.807) is 18.2 Å². The van der Waals surface area contributed by atoms with Crippen molar-refractivity contribution in [3.05, 3.63) is 28.2 Å². The van der Waals surface area contributed by atoms with E-state index in [-0.39, 0.29) is 12.5 Å². The van der Waals surface area contributed by atoms with E-state index in [2.05, 4.69) is 10.1 Å². The van der Waals surface area contributed by atoms with Crippen molar-refractivity contribution in [3.8, 4) is 5.75 Å². The largest absolute Gasteiger partial charge is 0.484 e. The average Bonchev–Trinajstić information content (AvgIpc) is 2.42. The summed E-state index contributed by atoms with van der Waals surface area (Å²) in [6.45, 7) is 3.65. The molecule has 0 unspecified atom stereocenters. The van der Waals surface area contributed by atoms with Crippen LogP contribution in [0.25, 0.3) is 0 Å². The molecule has 22 heavy (non-hydrogen) atoms. The molecule has 0 aromatic heterocycles. The Morgan fingerprint density at radius 3 is 2.27 bits per heavy atom. The molecule has 0 bridgehead atoms. The monoisotopic (exact) mass is 347 g/mol. The predicted octanol–water partition coefficient (Wildman–Crippen LogP) is 3.08. The number of hydrogen-bond acceptors (Lipinski definition) is 4. The van der Waals surface area contributed by atoms with Crippen LogP contribution in [0, 0.1) is 5.92 Å². The van der Waals surface area contributed by atoms with E-state index >= 15 is 0 Å². The molecule has 0 radical (unpaired) electrons. The molecule has 0 aliphatic heterocycles. The van der Waals surface area contributed by atoms with Crippen LogP contribution >= 0.6 is 23.2 Å². The number of rotatable bonds is 7. The fraction of sp³-hybridized carbons (Fsp3) is 0.467. The molecule has 0 saturated heterocycles. The highest BCUT2D eigenvalue weighted by Crippen LogP contribution is 2.24. The second-order valence-electron chi connectivity index (χ2n) is 5.17. The molecule has 0 saturated carbocycles. The number of carbonyl (C=O) groups is 2. The molecule has 0 spiro atoms. The van der Waals surface area contributed by atoms with Gasteiger partial charge in [0.1, 0.15) is 11.8 Å². The van der Waals surface area contributed by atoms with E-state index in [1.165, 1.54) is 7.11 Å². The van der Waals surface area contributed by atoms with Crippen molar-refractivity contribution in [3.63, 3.8) is 0 Å². The van der Waals surface area contributed by atoms with Crippen LogP contribution in [0.1, 0.15) is 20.3 Å². The zero-order valence-corrected chi connectivity index (χ0v) is 14.2. The molecule has 1 amide bonds. The second kappa shape index (κ2) is 8.86. The first-order chi connectivity index (χ1) is 10.3. The SMILES string of the molecule is COC(=O)[C@@H](CC(C)C)NC(=O)COc1cc(Cl)cc(Cl)c1. The molecule has 0 aliphatic rings. The van der Waals surface area contributed by atoms with Gasteiger partial charge in [0.05, 0.1) is 7.11 Å². The average molecular weight is 348 g/mol. The van der Waals surface area contributed by atoms with E-state index in [4.69, 9.17) is 27.9 Å². The highest BCUT2D eigenvalue weighted by Gasteiger charge is 2.22. The van der Waals surface area contributed by atoms with Crippen LogP contribution in [0.15, 0.2) is 18.2 Å². The van der Waals surface area contributed by atoms with Crippen molar-refractivity contribution in [1.29, 1.82) is 0 Å². The molecule has 1 N–H and O–H groups in total. The van der Waals surface area contributed by atoms with Gasteiger partial charge < -0.3 is 14.8 Å². The van der Waals surface area contributed by atoms with Crippen LogP contribution in [0.2, 0.25) is 10.0 Å². The molecule has 1 aromatic rings. The highest BCUT2D eigenvalue weighted by atomic mass is 35.5. The smallest absolute Gasteiger partial charge is 0.328 e. The molecular formula is C15H19Cl2NO4. The molecule has 1 rings (SSSR count). The number of methoxy groups -OCH3 is 1. The topological polar surface area (TPSA) is 64.6 Å². The molecule has 0 fully saturated rings. The van der Waals surface area contributed by atoms with E-state index in [0.717, 1.165) is 0 Å². The van der Waals surface area contributed by atoms with E-state index < -0.39 is 17.9 Å². The Morgan fingerprint density at radius 2 is 1.77 bits per heavy atom. The quantitative estimate of drug-likeness (QED) is 0.769. The summed E-state index contributed by atoms with van der Waals surface area (Å²) in [6, 6.07) is 3.97. The number of nitrogens with one attached hydrogen (secondary N) is 1. The Bertz CT molecular complexity index is 514. The van der Waals surface area contributed by atoms with Crippen LogP contribution in [0.5, 0.6) is 5.75 Å². The van der Waals surface area contributed by atoms with Gasteiger partial charge in [-0.1, -0.05) is 37.0 Å². The summed E-state index contributed by atoms with van der Waals surface area (Å²) in [5.74, 6) is -0.289. The number of hydrogen-bond donors (Lipinski definition) is 1. The minimum atomic E-state index is -0.691. The Kier molecular flexibility index (Phi) is 7.48. The zero-order valence-electron chi connectivity index (χ0n) is 12.7. The standard InChI is InChI=1S/C15H19Cl2NO4/c1-9(2)4-13(15(20)21-3)18-14(19)8-22-12-6-10(16)5-11(17)7-12/h5-7,9,13H,4,8H2,1-3H3,(H,18,19)/t13-/m1/s1. The maximum Gasteiger partial charge on any atom is 0.328 e. The van der Waals surface area contributed by atoms with Gasteiger partial charge in [-0.05, 0) is 30.5 Å². The van der Waals surface area contributed by atoms with Crippen molar-refractivity contribution in [2.45, 2.75) is 26.3 Å². The third-order valence-corrected chi connectivity index (χ3v) is 3.17. The Hall–Kier alpha value is -1.46. The maximum absolute atomic E-state index is 11.9. The molecule has 1 atom stereocenters. The molecule has 5 nitrogen and oxygen atoms in total. The fourth-order valence-corrected chi connectivity index (χ4v) is 2.33. The van der Waals surface area contributed by atoms with Gasteiger partial charge in [-0.25, -0.2) is 4.79 Å². The van der Waals surface area contributed by atoms with Crippen molar-refractivity contribution in [1.82, 2.24) is 5.32 Å². The Balaban J connectivity index is 2.58. The molecule has 0 aliphatic carbocycles. The molecular weight excluding hydrogens is 329 g/mol. The maximum atomic E-state index is 11.9. The van der Waals surface area contributed by atoms with Crippen LogP contribution in [0.4, 0.5) is 0 Å².